The third-order valence-corrected chi connectivity index (χ3v) is 5.29. The Morgan fingerprint density at radius 2 is 1.88 bits per heavy atom. The van der Waals surface area contributed by atoms with E-state index in [1.165, 1.54) is 18.2 Å². The number of anilines is 4. The number of aromatic nitrogens is 2. The summed E-state index contributed by atoms with van der Waals surface area (Å²) in [6.45, 7) is 1.58. The number of nitrogens with one attached hydrogen (secondary N) is 4. The van der Waals surface area contributed by atoms with Gasteiger partial charge in [0.05, 0.1) is 23.5 Å². The topological polar surface area (TPSA) is 168 Å². The molecule has 1 aliphatic heterocycles. The van der Waals surface area contributed by atoms with Crippen LogP contribution in [0.1, 0.15) is 23.5 Å². The van der Waals surface area contributed by atoms with Gasteiger partial charge in [0.1, 0.15) is 11.6 Å². The highest BCUT2D eigenvalue weighted by Crippen LogP contribution is 2.31. The van der Waals surface area contributed by atoms with Crippen LogP contribution in [0, 0.1) is 17.0 Å². The number of methoxy groups -OCH3 is 1. The molecule has 1 aliphatic rings. The third-order valence-electron chi connectivity index (χ3n) is 5.29. The van der Waals surface area contributed by atoms with Crippen LogP contribution in [0.15, 0.2) is 47.3 Å². The number of aromatic amines is 1. The number of aryl methyl sites for hydroxylation is 1. The molecular formula is C22H20N6O6. The highest BCUT2D eigenvalue weighted by atomic mass is 16.6. The van der Waals surface area contributed by atoms with Gasteiger partial charge < -0.3 is 20.7 Å². The number of carbonyl (C=O) groups excluding carboxylic acids is 2. The molecule has 0 saturated carbocycles. The molecule has 1 atom stereocenters. The van der Waals surface area contributed by atoms with E-state index in [2.05, 4.69) is 25.9 Å². The third kappa shape index (κ3) is 4.55. The first-order valence-corrected chi connectivity index (χ1v) is 10.2. The number of carbonyl (C=O) groups is 2. The van der Waals surface area contributed by atoms with Gasteiger partial charge in [0, 0.05) is 29.4 Å². The van der Waals surface area contributed by atoms with Crippen LogP contribution in [0.2, 0.25) is 0 Å². The molecule has 0 fully saturated rings. The van der Waals surface area contributed by atoms with Gasteiger partial charge in [0.2, 0.25) is 17.8 Å². The lowest BCUT2D eigenvalue weighted by atomic mass is 9.92. The average molecular weight is 464 g/mol. The Morgan fingerprint density at radius 1 is 1.18 bits per heavy atom. The molecule has 3 aromatic rings. The standard InChI is InChI=1S/C22H20N6O6/c1-11-3-4-13(9-16(11)28(32)33)23-20(30)15-10-17(29)25-19-18(15)21(31)27-22(26-19)24-12-5-7-14(34-2)8-6-12/h3-9,15H,10H2,1-2H3,(H,23,30)(H3,24,25,26,27,29,31). The van der Waals surface area contributed by atoms with Crippen LogP contribution >= 0.6 is 0 Å². The summed E-state index contributed by atoms with van der Waals surface area (Å²) in [5, 5.41) is 19.2. The molecule has 2 amide bonds. The van der Waals surface area contributed by atoms with Crippen molar-refractivity contribution in [3.8, 4) is 5.75 Å². The Balaban J connectivity index is 1.61. The Hall–Kier alpha value is -4.74. The van der Waals surface area contributed by atoms with Gasteiger partial charge in [-0.3, -0.25) is 29.5 Å². The lowest BCUT2D eigenvalue weighted by Gasteiger charge is -2.23. The molecule has 4 rings (SSSR count). The summed E-state index contributed by atoms with van der Waals surface area (Å²) in [4.78, 5) is 55.5. The molecule has 4 N–H and O–H groups in total. The van der Waals surface area contributed by atoms with E-state index in [1.807, 2.05) is 0 Å². The Bertz CT molecular complexity index is 1350. The Morgan fingerprint density at radius 3 is 2.56 bits per heavy atom. The maximum absolute atomic E-state index is 13.0. The number of nitro benzene ring substituents is 1. The highest BCUT2D eigenvalue weighted by molar-refractivity contribution is 6.04. The zero-order valence-corrected chi connectivity index (χ0v) is 18.2. The maximum atomic E-state index is 13.0. The fraction of sp³-hybridized carbons (Fsp3) is 0.182. The van der Waals surface area contributed by atoms with Gasteiger partial charge in [-0.05, 0) is 37.3 Å². The summed E-state index contributed by atoms with van der Waals surface area (Å²) in [5.74, 6) is -1.59. The van der Waals surface area contributed by atoms with Crippen molar-refractivity contribution in [3.63, 3.8) is 0 Å². The number of nitrogens with zero attached hydrogens (tertiary/aromatic N) is 2. The minimum absolute atomic E-state index is 0.000933. The number of benzene rings is 2. The monoisotopic (exact) mass is 464 g/mol. The van der Waals surface area contributed by atoms with Gasteiger partial charge >= 0.3 is 0 Å². The van der Waals surface area contributed by atoms with Crippen LogP contribution in [0.4, 0.5) is 28.8 Å². The highest BCUT2D eigenvalue weighted by Gasteiger charge is 2.35. The molecule has 34 heavy (non-hydrogen) atoms. The van der Waals surface area contributed by atoms with Gasteiger partial charge in [-0.15, -0.1) is 0 Å². The van der Waals surface area contributed by atoms with Crippen molar-refractivity contribution in [2.45, 2.75) is 19.3 Å². The van der Waals surface area contributed by atoms with Crippen molar-refractivity contribution in [3.05, 3.63) is 74.1 Å². The van der Waals surface area contributed by atoms with E-state index >= 15 is 0 Å². The summed E-state index contributed by atoms with van der Waals surface area (Å²) in [7, 11) is 1.54. The summed E-state index contributed by atoms with van der Waals surface area (Å²) >= 11 is 0. The van der Waals surface area contributed by atoms with Gasteiger partial charge in [-0.1, -0.05) is 6.07 Å². The number of H-pyrrole nitrogens is 1. The second kappa shape index (κ2) is 9.02. The lowest BCUT2D eigenvalue weighted by Crippen LogP contribution is -2.36. The molecule has 12 heteroatoms. The summed E-state index contributed by atoms with van der Waals surface area (Å²) in [6, 6.07) is 11.1. The molecule has 12 nitrogen and oxygen atoms in total. The van der Waals surface area contributed by atoms with Crippen LogP contribution in [0.5, 0.6) is 5.75 Å². The number of rotatable bonds is 6. The van der Waals surface area contributed by atoms with Crippen molar-refractivity contribution < 1.29 is 19.2 Å². The van der Waals surface area contributed by atoms with Gasteiger partial charge in [0.25, 0.3) is 11.2 Å². The summed E-state index contributed by atoms with van der Waals surface area (Å²) in [6.07, 6.45) is -0.275. The Labute approximate surface area is 192 Å². The van der Waals surface area contributed by atoms with E-state index in [0.717, 1.165) is 0 Å². The van der Waals surface area contributed by atoms with Crippen molar-refractivity contribution >= 4 is 40.6 Å². The number of amides is 2. The predicted octanol–water partition coefficient (Wildman–Crippen LogP) is 2.80. The first-order valence-electron chi connectivity index (χ1n) is 10.2. The smallest absolute Gasteiger partial charge is 0.274 e. The molecule has 2 aromatic carbocycles. The molecule has 0 bridgehead atoms. The van der Waals surface area contributed by atoms with E-state index in [9.17, 15) is 24.5 Å². The molecular weight excluding hydrogens is 444 g/mol. The number of ether oxygens (including phenoxy) is 1. The van der Waals surface area contributed by atoms with E-state index in [1.54, 1.807) is 38.3 Å². The first-order chi connectivity index (χ1) is 16.2. The first kappa shape index (κ1) is 22.5. The SMILES string of the molecule is COc1ccc(Nc2nc3c(c(=O)[nH]2)C(C(=O)Nc2ccc(C)c([N+](=O)[O-])c2)CC(=O)N3)cc1. The van der Waals surface area contributed by atoms with Crippen molar-refractivity contribution in [2.75, 3.05) is 23.1 Å². The summed E-state index contributed by atoms with van der Waals surface area (Å²) < 4.78 is 5.11. The number of fused-ring (bicyclic) bond motifs is 1. The number of hydrogen-bond acceptors (Lipinski definition) is 8. The normalized spacial score (nSPS) is 14.5. The molecule has 1 aromatic heterocycles. The van der Waals surface area contributed by atoms with Crippen LogP contribution < -0.4 is 26.2 Å². The minimum Gasteiger partial charge on any atom is -0.497 e. The van der Waals surface area contributed by atoms with Crippen LogP contribution in [-0.2, 0) is 9.59 Å². The van der Waals surface area contributed by atoms with Gasteiger partial charge in [-0.2, -0.15) is 4.98 Å². The van der Waals surface area contributed by atoms with Crippen molar-refractivity contribution in [2.24, 2.45) is 0 Å². The van der Waals surface area contributed by atoms with Crippen LogP contribution in [0.25, 0.3) is 0 Å². The van der Waals surface area contributed by atoms with Crippen LogP contribution in [0.3, 0.4) is 0 Å². The number of hydrogen-bond donors (Lipinski definition) is 4. The molecule has 0 radical (unpaired) electrons. The second-order valence-electron chi connectivity index (χ2n) is 7.58. The van der Waals surface area contributed by atoms with Crippen molar-refractivity contribution in [1.29, 1.82) is 0 Å². The molecule has 0 saturated heterocycles. The zero-order valence-electron chi connectivity index (χ0n) is 18.2. The van der Waals surface area contributed by atoms with E-state index < -0.39 is 28.2 Å². The molecule has 2 heterocycles. The molecule has 0 aliphatic carbocycles. The molecule has 0 spiro atoms. The minimum atomic E-state index is -1.13. The van der Waals surface area contributed by atoms with E-state index in [-0.39, 0.29) is 35.1 Å². The zero-order chi connectivity index (χ0) is 24.4. The van der Waals surface area contributed by atoms with Crippen LogP contribution in [-0.4, -0.2) is 33.8 Å². The largest absolute Gasteiger partial charge is 0.497 e. The predicted molar refractivity (Wildman–Crippen MR) is 124 cm³/mol. The van der Waals surface area contributed by atoms with E-state index in [0.29, 0.717) is 17.0 Å². The van der Waals surface area contributed by atoms with Gasteiger partial charge in [-0.25, -0.2) is 0 Å². The van der Waals surface area contributed by atoms with E-state index in [4.69, 9.17) is 4.74 Å². The Kier molecular flexibility index (Phi) is 5.95. The van der Waals surface area contributed by atoms with Gasteiger partial charge in [0.15, 0.2) is 0 Å². The quantitative estimate of drug-likeness (QED) is 0.319. The van der Waals surface area contributed by atoms with Crippen molar-refractivity contribution in [1.82, 2.24) is 9.97 Å². The second-order valence-corrected chi connectivity index (χ2v) is 7.58. The number of nitro groups is 1. The fourth-order valence-corrected chi connectivity index (χ4v) is 3.58. The fourth-order valence-electron chi connectivity index (χ4n) is 3.58. The maximum Gasteiger partial charge on any atom is 0.274 e. The lowest BCUT2D eigenvalue weighted by molar-refractivity contribution is -0.385. The molecule has 1 unspecified atom stereocenters. The average Bonchev–Trinajstić information content (AvgIpc) is 2.79. The molecule has 174 valence electrons. The summed E-state index contributed by atoms with van der Waals surface area (Å²) in [5.41, 5.74) is 0.463.